The van der Waals surface area contributed by atoms with Crippen LogP contribution in [0.1, 0.15) is 51.9 Å². The minimum Gasteiger partial charge on any atom is -0.342 e. The van der Waals surface area contributed by atoms with E-state index in [2.05, 4.69) is 11.8 Å². The summed E-state index contributed by atoms with van der Waals surface area (Å²) >= 11 is 0. The molecule has 0 spiro atoms. The van der Waals surface area contributed by atoms with Gasteiger partial charge in [-0.05, 0) is 44.1 Å². The van der Waals surface area contributed by atoms with Gasteiger partial charge in [0, 0.05) is 19.0 Å². The molecule has 2 fully saturated rings. The van der Waals surface area contributed by atoms with Gasteiger partial charge >= 0.3 is 0 Å². The van der Waals surface area contributed by atoms with E-state index in [9.17, 15) is 4.79 Å². The molecule has 0 radical (unpaired) electrons. The van der Waals surface area contributed by atoms with Gasteiger partial charge in [0.25, 0.3) is 0 Å². The molecule has 2 rings (SSSR count). The van der Waals surface area contributed by atoms with Crippen LogP contribution in [-0.2, 0) is 4.79 Å². The van der Waals surface area contributed by atoms with E-state index in [1.165, 1.54) is 25.7 Å². The van der Waals surface area contributed by atoms with Gasteiger partial charge in [-0.15, -0.1) is 0 Å². The molecule has 1 aliphatic carbocycles. The van der Waals surface area contributed by atoms with Crippen molar-refractivity contribution in [1.82, 2.24) is 4.90 Å². The summed E-state index contributed by atoms with van der Waals surface area (Å²) in [6.07, 6.45) is 8.20. The number of rotatable bonds is 4. The number of carbonyl (C=O) groups excluding carboxylic acids is 1. The Bertz CT molecular complexity index is 278. The first-order valence-corrected chi connectivity index (χ1v) is 7.73. The van der Waals surface area contributed by atoms with E-state index in [1.54, 1.807) is 0 Å². The van der Waals surface area contributed by atoms with Crippen molar-refractivity contribution in [3.05, 3.63) is 0 Å². The molecule has 0 aromatic carbocycles. The third-order valence-electron chi connectivity index (χ3n) is 4.88. The number of hydrogen-bond donors (Lipinski definition) is 1. The van der Waals surface area contributed by atoms with Crippen molar-refractivity contribution >= 4 is 5.91 Å². The van der Waals surface area contributed by atoms with Gasteiger partial charge in [-0.25, -0.2) is 0 Å². The van der Waals surface area contributed by atoms with Gasteiger partial charge in [-0.1, -0.05) is 26.2 Å². The Kier molecular flexibility index (Phi) is 5.04. The smallest absolute Gasteiger partial charge is 0.225 e. The monoisotopic (exact) mass is 252 g/mol. The molecule has 1 saturated carbocycles. The average molecular weight is 252 g/mol. The van der Waals surface area contributed by atoms with Crippen LogP contribution >= 0.6 is 0 Å². The van der Waals surface area contributed by atoms with Crippen molar-refractivity contribution < 1.29 is 4.79 Å². The van der Waals surface area contributed by atoms with Crippen LogP contribution in [0.15, 0.2) is 0 Å². The first-order chi connectivity index (χ1) is 8.74. The van der Waals surface area contributed by atoms with Crippen molar-refractivity contribution in [2.24, 2.45) is 23.5 Å². The SMILES string of the molecule is CCC1CCN(C(=O)C2CCCC(CCN)C2)C1. The Morgan fingerprint density at radius 3 is 2.78 bits per heavy atom. The minimum atomic E-state index is 0.297. The zero-order chi connectivity index (χ0) is 13.0. The van der Waals surface area contributed by atoms with Crippen LogP contribution in [-0.4, -0.2) is 30.4 Å². The van der Waals surface area contributed by atoms with Crippen LogP contribution in [0.2, 0.25) is 0 Å². The molecule has 0 bridgehead atoms. The van der Waals surface area contributed by atoms with Gasteiger partial charge in [0.05, 0.1) is 0 Å². The summed E-state index contributed by atoms with van der Waals surface area (Å²) in [6.45, 7) is 5.01. The van der Waals surface area contributed by atoms with E-state index in [4.69, 9.17) is 5.73 Å². The maximum absolute atomic E-state index is 12.5. The summed E-state index contributed by atoms with van der Waals surface area (Å²) < 4.78 is 0. The number of nitrogens with two attached hydrogens (primary N) is 1. The number of hydrogen-bond acceptors (Lipinski definition) is 2. The Morgan fingerprint density at radius 1 is 1.28 bits per heavy atom. The number of carbonyl (C=O) groups is 1. The van der Waals surface area contributed by atoms with Crippen molar-refractivity contribution in [2.45, 2.75) is 51.9 Å². The molecule has 1 aliphatic heterocycles. The number of nitrogens with zero attached hydrogens (tertiary/aromatic N) is 1. The lowest BCUT2D eigenvalue weighted by molar-refractivity contribution is -0.136. The highest BCUT2D eigenvalue weighted by Crippen LogP contribution is 2.33. The highest BCUT2D eigenvalue weighted by molar-refractivity contribution is 5.79. The Balaban J connectivity index is 1.85. The Morgan fingerprint density at radius 2 is 2.11 bits per heavy atom. The van der Waals surface area contributed by atoms with E-state index < -0.39 is 0 Å². The maximum Gasteiger partial charge on any atom is 0.225 e. The highest BCUT2D eigenvalue weighted by atomic mass is 16.2. The Labute approximate surface area is 111 Å². The van der Waals surface area contributed by atoms with E-state index in [0.29, 0.717) is 17.7 Å². The maximum atomic E-state index is 12.5. The zero-order valence-corrected chi connectivity index (χ0v) is 11.7. The largest absolute Gasteiger partial charge is 0.342 e. The Hall–Kier alpha value is -0.570. The summed E-state index contributed by atoms with van der Waals surface area (Å²) in [4.78, 5) is 14.6. The summed E-state index contributed by atoms with van der Waals surface area (Å²) in [5, 5.41) is 0. The third-order valence-corrected chi connectivity index (χ3v) is 4.88. The van der Waals surface area contributed by atoms with Crippen molar-refractivity contribution in [1.29, 1.82) is 0 Å². The molecular weight excluding hydrogens is 224 g/mol. The second-order valence-electron chi connectivity index (χ2n) is 6.15. The van der Waals surface area contributed by atoms with Crippen molar-refractivity contribution in [3.63, 3.8) is 0 Å². The molecule has 2 aliphatic rings. The van der Waals surface area contributed by atoms with Crippen LogP contribution in [0, 0.1) is 17.8 Å². The molecule has 3 heteroatoms. The van der Waals surface area contributed by atoms with Gasteiger partial charge in [-0.2, -0.15) is 0 Å². The standard InChI is InChI=1S/C15H28N2O/c1-2-12-7-9-17(11-12)15(18)14-5-3-4-13(10-14)6-8-16/h12-14H,2-11,16H2,1H3. The molecule has 3 nitrogen and oxygen atoms in total. The molecule has 3 atom stereocenters. The van der Waals surface area contributed by atoms with Gasteiger partial charge in [-0.3, -0.25) is 4.79 Å². The van der Waals surface area contributed by atoms with E-state index in [-0.39, 0.29) is 0 Å². The molecule has 104 valence electrons. The molecule has 3 unspecified atom stereocenters. The predicted molar refractivity (Wildman–Crippen MR) is 74.1 cm³/mol. The third kappa shape index (κ3) is 3.25. The van der Waals surface area contributed by atoms with Crippen LogP contribution in [0.3, 0.4) is 0 Å². The topological polar surface area (TPSA) is 46.3 Å². The van der Waals surface area contributed by atoms with Crippen molar-refractivity contribution in [2.75, 3.05) is 19.6 Å². The molecule has 1 amide bonds. The molecule has 2 N–H and O–H groups in total. The number of amides is 1. The molecular formula is C15H28N2O. The first-order valence-electron chi connectivity index (χ1n) is 7.73. The highest BCUT2D eigenvalue weighted by Gasteiger charge is 2.33. The van der Waals surface area contributed by atoms with E-state index in [0.717, 1.165) is 44.8 Å². The lowest BCUT2D eigenvalue weighted by Gasteiger charge is -2.31. The lowest BCUT2D eigenvalue weighted by atomic mass is 9.79. The van der Waals surface area contributed by atoms with Crippen LogP contribution in [0.4, 0.5) is 0 Å². The summed E-state index contributed by atoms with van der Waals surface area (Å²) in [7, 11) is 0. The molecule has 0 aromatic heterocycles. The fourth-order valence-corrected chi connectivity index (χ4v) is 3.64. The lowest BCUT2D eigenvalue weighted by Crippen LogP contribution is -2.37. The van der Waals surface area contributed by atoms with Crippen LogP contribution < -0.4 is 5.73 Å². The van der Waals surface area contributed by atoms with E-state index >= 15 is 0 Å². The number of likely N-dealkylation sites (tertiary alicyclic amines) is 1. The second-order valence-corrected chi connectivity index (χ2v) is 6.15. The fraction of sp³-hybridized carbons (Fsp3) is 0.933. The summed E-state index contributed by atoms with van der Waals surface area (Å²) in [5.41, 5.74) is 5.64. The normalized spacial score (nSPS) is 32.8. The summed E-state index contributed by atoms with van der Waals surface area (Å²) in [6, 6.07) is 0. The van der Waals surface area contributed by atoms with E-state index in [1.807, 2.05) is 0 Å². The second kappa shape index (κ2) is 6.55. The van der Waals surface area contributed by atoms with Crippen LogP contribution in [0.5, 0.6) is 0 Å². The zero-order valence-electron chi connectivity index (χ0n) is 11.7. The molecule has 1 saturated heterocycles. The first kappa shape index (κ1) is 13.9. The predicted octanol–water partition coefficient (Wildman–Crippen LogP) is 2.40. The quantitative estimate of drug-likeness (QED) is 0.835. The molecule has 1 heterocycles. The van der Waals surface area contributed by atoms with Gasteiger partial charge in [0.1, 0.15) is 0 Å². The van der Waals surface area contributed by atoms with Crippen LogP contribution in [0.25, 0.3) is 0 Å². The summed E-state index contributed by atoms with van der Waals surface area (Å²) in [5.74, 6) is 2.18. The average Bonchev–Trinajstić information content (AvgIpc) is 2.87. The van der Waals surface area contributed by atoms with Crippen molar-refractivity contribution in [3.8, 4) is 0 Å². The fourth-order valence-electron chi connectivity index (χ4n) is 3.64. The molecule has 0 aromatic rings. The van der Waals surface area contributed by atoms with Gasteiger partial charge in [0.2, 0.25) is 5.91 Å². The van der Waals surface area contributed by atoms with Gasteiger partial charge < -0.3 is 10.6 Å². The minimum absolute atomic E-state index is 0.297. The van der Waals surface area contributed by atoms with Gasteiger partial charge in [0.15, 0.2) is 0 Å². The molecule has 18 heavy (non-hydrogen) atoms.